The van der Waals surface area contributed by atoms with Gasteiger partial charge in [-0.3, -0.25) is 0 Å². The van der Waals surface area contributed by atoms with Gasteiger partial charge in [0.05, 0.1) is 6.04 Å². The lowest BCUT2D eigenvalue weighted by molar-refractivity contribution is 0.554. The lowest BCUT2D eigenvalue weighted by atomic mass is 10.0. The van der Waals surface area contributed by atoms with Gasteiger partial charge in [-0.2, -0.15) is 15.5 Å². The number of azo groups is 1. The van der Waals surface area contributed by atoms with Gasteiger partial charge in [0, 0.05) is 4.88 Å². The second-order valence-electron chi connectivity index (χ2n) is 4.32. The van der Waals surface area contributed by atoms with Gasteiger partial charge in [-0.1, -0.05) is 18.9 Å². The Morgan fingerprint density at radius 3 is 2.81 bits per heavy atom. The molecule has 1 aromatic heterocycles. The molecule has 0 aromatic carbocycles. The van der Waals surface area contributed by atoms with Gasteiger partial charge < -0.3 is 0 Å². The van der Waals surface area contributed by atoms with E-state index in [4.69, 9.17) is 0 Å². The van der Waals surface area contributed by atoms with Crippen molar-refractivity contribution in [3.8, 4) is 6.07 Å². The van der Waals surface area contributed by atoms with E-state index in [0.29, 0.717) is 6.04 Å². The Balaban J connectivity index is 2.13. The summed E-state index contributed by atoms with van der Waals surface area (Å²) in [6.45, 7) is 1.83. The number of nitrogens with zero attached hydrogens (tertiary/aromatic N) is 3. The summed E-state index contributed by atoms with van der Waals surface area (Å²) >= 11 is 1.56. The van der Waals surface area contributed by atoms with Crippen LogP contribution in [0.5, 0.6) is 0 Å². The van der Waals surface area contributed by atoms with E-state index in [0.717, 1.165) is 17.7 Å². The Morgan fingerprint density at radius 1 is 1.50 bits per heavy atom. The molecule has 1 unspecified atom stereocenters. The van der Waals surface area contributed by atoms with E-state index in [1.807, 2.05) is 24.4 Å². The van der Waals surface area contributed by atoms with Crippen molar-refractivity contribution in [3.63, 3.8) is 0 Å². The number of nitriles is 1. The average molecular weight is 233 g/mol. The number of hydrogen-bond donors (Lipinski definition) is 0. The molecule has 16 heavy (non-hydrogen) atoms. The quantitative estimate of drug-likeness (QED) is 0.731. The van der Waals surface area contributed by atoms with Gasteiger partial charge in [0.2, 0.25) is 0 Å². The standard InChI is InChI=1S/C12H15N3S/c1-12(9-13,11-7-4-8-16-11)15-14-10-5-2-3-6-10/h4,7-8,10H,2-3,5-6H2,1H3. The minimum atomic E-state index is -0.795. The van der Waals surface area contributed by atoms with Crippen molar-refractivity contribution in [3.05, 3.63) is 22.4 Å². The van der Waals surface area contributed by atoms with E-state index in [-0.39, 0.29) is 0 Å². The maximum Gasteiger partial charge on any atom is 0.198 e. The lowest BCUT2D eigenvalue weighted by Gasteiger charge is -2.13. The maximum atomic E-state index is 9.23. The van der Waals surface area contributed by atoms with Crippen molar-refractivity contribution in [1.29, 1.82) is 5.26 Å². The minimum Gasteiger partial charge on any atom is -0.195 e. The second-order valence-corrected chi connectivity index (χ2v) is 5.26. The summed E-state index contributed by atoms with van der Waals surface area (Å²) in [5, 5.41) is 19.8. The Labute approximate surface area is 99.8 Å². The van der Waals surface area contributed by atoms with Gasteiger partial charge >= 0.3 is 0 Å². The third-order valence-corrected chi connectivity index (χ3v) is 4.05. The Hall–Kier alpha value is -1.21. The van der Waals surface area contributed by atoms with Crippen LogP contribution in [-0.2, 0) is 5.54 Å². The fraction of sp³-hybridized carbons (Fsp3) is 0.583. The van der Waals surface area contributed by atoms with Crippen LogP contribution < -0.4 is 0 Å². The van der Waals surface area contributed by atoms with Gasteiger partial charge in [-0.25, -0.2) is 0 Å². The molecule has 0 saturated heterocycles. The highest BCUT2D eigenvalue weighted by Crippen LogP contribution is 2.30. The highest BCUT2D eigenvalue weighted by molar-refractivity contribution is 7.10. The van der Waals surface area contributed by atoms with Gasteiger partial charge in [0.25, 0.3) is 0 Å². The van der Waals surface area contributed by atoms with Crippen LogP contribution in [0, 0.1) is 11.3 Å². The average Bonchev–Trinajstić information content (AvgIpc) is 2.98. The highest BCUT2D eigenvalue weighted by atomic mass is 32.1. The molecule has 1 atom stereocenters. The normalized spacial score (nSPS) is 21.0. The third-order valence-electron chi connectivity index (χ3n) is 2.96. The van der Waals surface area contributed by atoms with Crippen LogP contribution in [0.2, 0.25) is 0 Å². The molecule has 4 heteroatoms. The predicted octanol–water partition coefficient (Wildman–Crippen LogP) is 3.88. The number of hydrogen-bond acceptors (Lipinski definition) is 4. The summed E-state index contributed by atoms with van der Waals surface area (Å²) < 4.78 is 0. The molecule has 0 bridgehead atoms. The summed E-state index contributed by atoms with van der Waals surface area (Å²) in [6, 6.07) is 6.49. The fourth-order valence-electron chi connectivity index (χ4n) is 1.90. The van der Waals surface area contributed by atoms with E-state index in [9.17, 15) is 5.26 Å². The van der Waals surface area contributed by atoms with Crippen LogP contribution in [0.15, 0.2) is 27.7 Å². The zero-order chi connectivity index (χ0) is 11.4. The molecule has 0 radical (unpaired) electrons. The SMILES string of the molecule is CC(C#N)(N=NC1CCCC1)c1cccs1. The van der Waals surface area contributed by atoms with Crippen molar-refractivity contribution >= 4 is 11.3 Å². The zero-order valence-corrected chi connectivity index (χ0v) is 10.2. The Bertz CT molecular complexity index is 398. The van der Waals surface area contributed by atoms with Crippen molar-refractivity contribution in [2.24, 2.45) is 10.2 Å². The van der Waals surface area contributed by atoms with Crippen LogP contribution >= 0.6 is 11.3 Å². The molecule has 1 aliphatic rings. The van der Waals surface area contributed by atoms with Gasteiger partial charge in [-0.15, -0.1) is 11.3 Å². The van der Waals surface area contributed by atoms with Crippen molar-refractivity contribution in [1.82, 2.24) is 0 Å². The second kappa shape index (κ2) is 4.75. The highest BCUT2D eigenvalue weighted by Gasteiger charge is 2.28. The molecule has 1 aliphatic carbocycles. The first-order valence-electron chi connectivity index (χ1n) is 5.62. The van der Waals surface area contributed by atoms with E-state index in [1.54, 1.807) is 11.3 Å². The van der Waals surface area contributed by atoms with E-state index in [1.165, 1.54) is 12.8 Å². The molecule has 84 valence electrons. The fourth-order valence-corrected chi connectivity index (χ4v) is 2.68. The van der Waals surface area contributed by atoms with Crippen LogP contribution in [-0.4, -0.2) is 6.04 Å². The summed E-state index contributed by atoms with van der Waals surface area (Å²) in [5.41, 5.74) is -0.795. The summed E-state index contributed by atoms with van der Waals surface area (Å²) in [6.07, 6.45) is 4.73. The number of rotatable bonds is 3. The number of thiophene rings is 1. The Kier molecular flexibility index (Phi) is 3.35. The topological polar surface area (TPSA) is 48.5 Å². The van der Waals surface area contributed by atoms with Crippen LogP contribution in [0.25, 0.3) is 0 Å². The molecular formula is C12H15N3S. The van der Waals surface area contributed by atoms with E-state index in [2.05, 4.69) is 16.3 Å². The molecule has 2 rings (SSSR count). The van der Waals surface area contributed by atoms with Crippen molar-refractivity contribution < 1.29 is 0 Å². The first-order valence-corrected chi connectivity index (χ1v) is 6.50. The molecule has 1 heterocycles. The molecule has 0 N–H and O–H groups in total. The lowest BCUT2D eigenvalue weighted by Crippen LogP contribution is -2.14. The van der Waals surface area contributed by atoms with Gasteiger partial charge in [-0.05, 0) is 31.2 Å². The predicted molar refractivity (Wildman–Crippen MR) is 64.4 cm³/mol. The van der Waals surface area contributed by atoms with Crippen LogP contribution in [0.4, 0.5) is 0 Å². The van der Waals surface area contributed by atoms with Gasteiger partial charge in [0.15, 0.2) is 5.54 Å². The maximum absolute atomic E-state index is 9.23. The monoisotopic (exact) mass is 233 g/mol. The summed E-state index contributed by atoms with van der Waals surface area (Å²) in [5.74, 6) is 0. The van der Waals surface area contributed by atoms with Crippen LogP contribution in [0.1, 0.15) is 37.5 Å². The van der Waals surface area contributed by atoms with E-state index >= 15 is 0 Å². The summed E-state index contributed by atoms with van der Waals surface area (Å²) in [4.78, 5) is 0.969. The Morgan fingerprint density at radius 2 is 2.25 bits per heavy atom. The molecule has 0 spiro atoms. The smallest absolute Gasteiger partial charge is 0.195 e. The van der Waals surface area contributed by atoms with Crippen molar-refractivity contribution in [2.45, 2.75) is 44.2 Å². The molecule has 0 aliphatic heterocycles. The zero-order valence-electron chi connectivity index (χ0n) is 9.39. The molecule has 1 aromatic rings. The molecule has 1 saturated carbocycles. The third kappa shape index (κ3) is 2.30. The largest absolute Gasteiger partial charge is 0.198 e. The molecular weight excluding hydrogens is 218 g/mol. The van der Waals surface area contributed by atoms with Crippen LogP contribution in [0.3, 0.4) is 0 Å². The molecule has 1 fully saturated rings. The minimum absolute atomic E-state index is 0.340. The van der Waals surface area contributed by atoms with E-state index < -0.39 is 5.54 Å². The molecule has 3 nitrogen and oxygen atoms in total. The van der Waals surface area contributed by atoms with Gasteiger partial charge in [0.1, 0.15) is 6.07 Å². The molecule has 0 amide bonds. The first-order chi connectivity index (χ1) is 7.74. The summed E-state index contributed by atoms with van der Waals surface area (Å²) in [7, 11) is 0. The van der Waals surface area contributed by atoms with Crippen molar-refractivity contribution in [2.75, 3.05) is 0 Å². The first kappa shape index (κ1) is 11.3.